The van der Waals surface area contributed by atoms with Gasteiger partial charge in [-0.3, -0.25) is 4.79 Å². The molecule has 0 aliphatic heterocycles. The van der Waals surface area contributed by atoms with Crippen LogP contribution >= 0.6 is 0 Å². The zero-order valence-electron chi connectivity index (χ0n) is 11.3. The van der Waals surface area contributed by atoms with Gasteiger partial charge in [-0.15, -0.1) is 0 Å². The predicted molar refractivity (Wildman–Crippen MR) is 73.7 cm³/mol. The molecular formula is C14H22N2O2. The fourth-order valence-electron chi connectivity index (χ4n) is 1.78. The first kappa shape index (κ1) is 14.7. The van der Waals surface area contributed by atoms with E-state index in [1.165, 1.54) is 7.11 Å². The van der Waals surface area contributed by atoms with Crippen molar-refractivity contribution in [3.8, 4) is 0 Å². The topological polar surface area (TPSA) is 50.4 Å². The first-order chi connectivity index (χ1) is 8.69. The zero-order valence-corrected chi connectivity index (χ0v) is 11.3. The van der Waals surface area contributed by atoms with Gasteiger partial charge in [0.05, 0.1) is 0 Å². The van der Waals surface area contributed by atoms with Gasteiger partial charge in [-0.05, 0) is 31.5 Å². The van der Waals surface area contributed by atoms with Crippen LogP contribution in [0.4, 0.5) is 5.69 Å². The van der Waals surface area contributed by atoms with Crippen LogP contribution in [0.25, 0.3) is 0 Å². The average Bonchev–Trinajstić information content (AvgIpc) is 2.37. The van der Waals surface area contributed by atoms with Crippen molar-refractivity contribution < 1.29 is 9.53 Å². The van der Waals surface area contributed by atoms with E-state index in [2.05, 4.69) is 24.5 Å². The van der Waals surface area contributed by atoms with Crippen LogP contribution in [0.5, 0.6) is 0 Å². The molecule has 0 aliphatic rings. The molecule has 1 aromatic rings. The molecule has 2 N–H and O–H groups in total. The molecule has 1 aromatic carbocycles. The molecule has 0 saturated heterocycles. The van der Waals surface area contributed by atoms with Gasteiger partial charge in [-0.25, -0.2) is 0 Å². The summed E-state index contributed by atoms with van der Waals surface area (Å²) in [4.78, 5) is 11.5. The van der Waals surface area contributed by atoms with Crippen LogP contribution in [-0.2, 0) is 9.53 Å². The van der Waals surface area contributed by atoms with E-state index < -0.39 is 0 Å². The maximum absolute atomic E-state index is 11.5. The third-order valence-electron chi connectivity index (χ3n) is 2.68. The number of hydrogen-bond donors (Lipinski definition) is 2. The van der Waals surface area contributed by atoms with E-state index >= 15 is 0 Å². The lowest BCUT2D eigenvalue weighted by Crippen LogP contribution is -2.23. The maximum Gasteiger partial charge on any atom is 0.250 e. The monoisotopic (exact) mass is 250 g/mol. The molecule has 4 heteroatoms. The fourth-order valence-corrected chi connectivity index (χ4v) is 1.78. The Hall–Kier alpha value is -1.39. The highest BCUT2D eigenvalue weighted by molar-refractivity contribution is 5.92. The summed E-state index contributed by atoms with van der Waals surface area (Å²) in [6.07, 6.45) is 1.09. The molecule has 0 bridgehead atoms. The SMILES string of the molecule is CCCNC(C)c1ccccc1NC(=O)COC. The van der Waals surface area contributed by atoms with E-state index in [-0.39, 0.29) is 18.6 Å². The van der Waals surface area contributed by atoms with Gasteiger partial charge >= 0.3 is 0 Å². The summed E-state index contributed by atoms with van der Waals surface area (Å²) in [7, 11) is 1.51. The van der Waals surface area contributed by atoms with Crippen molar-refractivity contribution in [3.05, 3.63) is 29.8 Å². The lowest BCUT2D eigenvalue weighted by molar-refractivity contribution is -0.119. The van der Waals surface area contributed by atoms with Crippen LogP contribution in [-0.4, -0.2) is 26.2 Å². The van der Waals surface area contributed by atoms with Gasteiger partial charge in [0, 0.05) is 18.8 Å². The number of nitrogens with one attached hydrogen (secondary N) is 2. The molecule has 0 radical (unpaired) electrons. The second-order valence-corrected chi connectivity index (χ2v) is 4.24. The lowest BCUT2D eigenvalue weighted by atomic mass is 10.1. The summed E-state index contributed by atoms with van der Waals surface area (Å²) in [5.41, 5.74) is 1.94. The van der Waals surface area contributed by atoms with Crippen molar-refractivity contribution in [2.45, 2.75) is 26.3 Å². The third-order valence-corrected chi connectivity index (χ3v) is 2.68. The third kappa shape index (κ3) is 4.47. The number of ether oxygens (including phenoxy) is 1. The number of carbonyl (C=O) groups excluding carboxylic acids is 1. The van der Waals surface area contributed by atoms with Crippen molar-refractivity contribution in [1.82, 2.24) is 5.32 Å². The van der Waals surface area contributed by atoms with Crippen LogP contribution < -0.4 is 10.6 Å². The van der Waals surface area contributed by atoms with E-state index in [9.17, 15) is 4.79 Å². The Morgan fingerprint density at radius 2 is 2.11 bits per heavy atom. The summed E-state index contributed by atoms with van der Waals surface area (Å²) in [6, 6.07) is 8.04. The lowest BCUT2D eigenvalue weighted by Gasteiger charge is -2.18. The molecule has 0 spiro atoms. The number of methoxy groups -OCH3 is 1. The number of para-hydroxylation sites is 1. The summed E-state index contributed by atoms with van der Waals surface area (Å²) in [5, 5.41) is 6.28. The molecule has 1 atom stereocenters. The first-order valence-corrected chi connectivity index (χ1v) is 6.30. The van der Waals surface area contributed by atoms with Crippen LogP contribution in [0.3, 0.4) is 0 Å². The minimum absolute atomic E-state index is 0.0745. The Bertz CT molecular complexity index is 380. The number of carbonyl (C=O) groups is 1. The molecule has 1 amide bonds. The Morgan fingerprint density at radius 1 is 1.39 bits per heavy atom. The van der Waals surface area contributed by atoms with E-state index in [1.807, 2.05) is 24.3 Å². The second-order valence-electron chi connectivity index (χ2n) is 4.24. The number of amides is 1. The van der Waals surface area contributed by atoms with E-state index in [1.54, 1.807) is 0 Å². The van der Waals surface area contributed by atoms with E-state index in [0.717, 1.165) is 24.2 Å². The van der Waals surface area contributed by atoms with E-state index in [0.29, 0.717) is 0 Å². The van der Waals surface area contributed by atoms with Crippen molar-refractivity contribution in [2.75, 3.05) is 25.6 Å². The van der Waals surface area contributed by atoms with Crippen molar-refractivity contribution in [1.29, 1.82) is 0 Å². The van der Waals surface area contributed by atoms with Crippen LogP contribution in [0.15, 0.2) is 24.3 Å². The first-order valence-electron chi connectivity index (χ1n) is 6.30. The quantitative estimate of drug-likeness (QED) is 0.781. The predicted octanol–water partition coefficient (Wildman–Crippen LogP) is 2.33. The van der Waals surface area contributed by atoms with Gasteiger partial charge in [-0.2, -0.15) is 0 Å². The van der Waals surface area contributed by atoms with Gasteiger partial charge in [0.1, 0.15) is 6.61 Å². The number of hydrogen-bond acceptors (Lipinski definition) is 3. The molecule has 1 unspecified atom stereocenters. The summed E-state index contributed by atoms with van der Waals surface area (Å²) in [6.45, 7) is 5.26. The van der Waals surface area contributed by atoms with Crippen molar-refractivity contribution in [2.24, 2.45) is 0 Å². The Morgan fingerprint density at radius 3 is 2.78 bits per heavy atom. The Labute approximate surface area is 109 Å². The smallest absolute Gasteiger partial charge is 0.250 e. The minimum atomic E-state index is -0.132. The molecule has 0 fully saturated rings. The average molecular weight is 250 g/mol. The van der Waals surface area contributed by atoms with Gasteiger partial charge in [0.15, 0.2) is 0 Å². The Balaban J connectivity index is 2.75. The zero-order chi connectivity index (χ0) is 13.4. The standard InChI is InChI=1S/C14H22N2O2/c1-4-9-15-11(2)12-7-5-6-8-13(12)16-14(17)10-18-3/h5-8,11,15H,4,9-10H2,1-3H3,(H,16,17). The van der Waals surface area contributed by atoms with Gasteiger partial charge < -0.3 is 15.4 Å². The molecule has 0 saturated carbocycles. The Kier molecular flexibility index (Phi) is 6.39. The largest absolute Gasteiger partial charge is 0.375 e. The molecule has 0 aliphatic carbocycles. The number of benzene rings is 1. The van der Waals surface area contributed by atoms with Crippen LogP contribution in [0, 0.1) is 0 Å². The molecule has 100 valence electrons. The molecule has 0 aromatic heterocycles. The number of anilines is 1. The highest BCUT2D eigenvalue weighted by Crippen LogP contribution is 2.22. The molecular weight excluding hydrogens is 228 g/mol. The normalized spacial score (nSPS) is 12.2. The van der Waals surface area contributed by atoms with Crippen molar-refractivity contribution in [3.63, 3.8) is 0 Å². The second kappa shape index (κ2) is 7.84. The van der Waals surface area contributed by atoms with Crippen molar-refractivity contribution >= 4 is 11.6 Å². The maximum atomic E-state index is 11.5. The minimum Gasteiger partial charge on any atom is -0.375 e. The molecule has 0 heterocycles. The van der Waals surface area contributed by atoms with Gasteiger partial charge in [-0.1, -0.05) is 25.1 Å². The molecule has 18 heavy (non-hydrogen) atoms. The summed E-state index contributed by atoms with van der Waals surface area (Å²) >= 11 is 0. The van der Waals surface area contributed by atoms with Gasteiger partial charge in [0.25, 0.3) is 0 Å². The van der Waals surface area contributed by atoms with Crippen LogP contribution in [0.1, 0.15) is 31.9 Å². The highest BCUT2D eigenvalue weighted by Gasteiger charge is 2.11. The molecule has 4 nitrogen and oxygen atoms in total. The van der Waals surface area contributed by atoms with Gasteiger partial charge in [0.2, 0.25) is 5.91 Å². The highest BCUT2D eigenvalue weighted by atomic mass is 16.5. The summed E-state index contributed by atoms with van der Waals surface area (Å²) < 4.78 is 4.81. The fraction of sp³-hybridized carbons (Fsp3) is 0.500. The van der Waals surface area contributed by atoms with E-state index in [4.69, 9.17) is 4.74 Å². The van der Waals surface area contributed by atoms with Crippen LogP contribution in [0.2, 0.25) is 0 Å². The molecule has 1 rings (SSSR count). The number of rotatable bonds is 7. The summed E-state index contributed by atoms with van der Waals surface area (Å²) in [5.74, 6) is -0.132.